The molecule has 1 aromatic heterocycles. The number of benzene rings is 1. The van der Waals surface area contributed by atoms with Gasteiger partial charge in [-0.2, -0.15) is 4.68 Å². The smallest absolute Gasteiger partial charge is 0.162 e. The molecule has 1 aromatic carbocycles. The number of nitrogen functional groups attached to an aromatic ring is 1. The van der Waals surface area contributed by atoms with Crippen LogP contribution in [0.1, 0.15) is 26.6 Å². The van der Waals surface area contributed by atoms with E-state index in [0.717, 1.165) is 11.5 Å². The summed E-state index contributed by atoms with van der Waals surface area (Å²) in [5.74, 6) is 0.776. The van der Waals surface area contributed by atoms with E-state index in [2.05, 4.69) is 15.5 Å². The Balaban J connectivity index is 2.54. The number of nitrogens with zero attached hydrogens (tertiary/aromatic N) is 4. The van der Waals surface area contributed by atoms with Crippen molar-refractivity contribution in [3.8, 4) is 5.69 Å². The molecule has 0 fully saturated rings. The van der Waals surface area contributed by atoms with Crippen molar-refractivity contribution in [3.05, 3.63) is 29.0 Å². The van der Waals surface area contributed by atoms with Gasteiger partial charge in [0.05, 0.1) is 16.4 Å². The minimum absolute atomic E-state index is 0.142. The second-order valence-corrected chi connectivity index (χ2v) is 5.28. The van der Waals surface area contributed by atoms with Gasteiger partial charge in [0.15, 0.2) is 5.82 Å². The largest absolute Gasteiger partial charge is 0.398 e. The number of aromatic nitrogens is 4. The average molecular weight is 252 g/mol. The second kappa shape index (κ2) is 4.00. The van der Waals surface area contributed by atoms with E-state index in [4.69, 9.17) is 17.3 Å². The summed E-state index contributed by atoms with van der Waals surface area (Å²) in [6, 6.07) is 5.33. The van der Waals surface area contributed by atoms with E-state index >= 15 is 0 Å². The van der Waals surface area contributed by atoms with Crippen molar-refractivity contribution < 1.29 is 0 Å². The standard InChI is InChI=1S/C11H14ClN5/c1-11(2,3)10-14-15-16-17(10)7-4-5-9(13)8(12)6-7/h4-6H,13H2,1-3H3. The molecule has 2 rings (SSSR count). The molecule has 0 saturated carbocycles. The number of rotatable bonds is 1. The molecule has 1 heterocycles. The van der Waals surface area contributed by atoms with E-state index < -0.39 is 0 Å². The molecule has 2 aromatic rings. The van der Waals surface area contributed by atoms with Gasteiger partial charge in [-0.3, -0.25) is 0 Å². The van der Waals surface area contributed by atoms with Gasteiger partial charge >= 0.3 is 0 Å². The molecule has 90 valence electrons. The van der Waals surface area contributed by atoms with Gasteiger partial charge in [0.2, 0.25) is 0 Å². The van der Waals surface area contributed by atoms with Crippen molar-refractivity contribution in [3.63, 3.8) is 0 Å². The SMILES string of the molecule is CC(C)(C)c1nnnn1-c1ccc(N)c(Cl)c1. The van der Waals surface area contributed by atoms with Crippen LogP contribution in [0, 0.1) is 0 Å². The lowest BCUT2D eigenvalue weighted by molar-refractivity contribution is 0.526. The lowest BCUT2D eigenvalue weighted by Crippen LogP contribution is -2.18. The zero-order valence-corrected chi connectivity index (χ0v) is 10.7. The van der Waals surface area contributed by atoms with Crippen molar-refractivity contribution in [1.29, 1.82) is 0 Å². The van der Waals surface area contributed by atoms with Crippen LogP contribution in [0.5, 0.6) is 0 Å². The van der Waals surface area contributed by atoms with Crippen LogP contribution in [-0.4, -0.2) is 20.2 Å². The van der Waals surface area contributed by atoms with Crippen LogP contribution in [0.4, 0.5) is 5.69 Å². The molecule has 0 amide bonds. The van der Waals surface area contributed by atoms with E-state index in [1.165, 1.54) is 0 Å². The maximum Gasteiger partial charge on any atom is 0.162 e. The molecule has 5 nitrogen and oxygen atoms in total. The van der Waals surface area contributed by atoms with Gasteiger partial charge < -0.3 is 5.73 Å². The zero-order valence-electron chi connectivity index (χ0n) is 9.98. The third-order valence-corrected chi connectivity index (χ3v) is 2.70. The summed E-state index contributed by atoms with van der Waals surface area (Å²) in [5, 5.41) is 12.2. The van der Waals surface area contributed by atoms with Crippen LogP contribution in [0.3, 0.4) is 0 Å². The van der Waals surface area contributed by atoms with Gasteiger partial charge in [0.25, 0.3) is 0 Å². The van der Waals surface area contributed by atoms with Crippen LogP contribution in [0.25, 0.3) is 5.69 Å². The van der Waals surface area contributed by atoms with Crippen molar-refractivity contribution in [2.45, 2.75) is 26.2 Å². The Labute approximate surface area is 105 Å². The molecule has 2 N–H and O–H groups in total. The predicted octanol–water partition coefficient (Wildman–Crippen LogP) is 2.20. The number of tetrazole rings is 1. The molecular formula is C11H14ClN5. The van der Waals surface area contributed by atoms with Crippen molar-refractivity contribution in [1.82, 2.24) is 20.2 Å². The maximum absolute atomic E-state index is 5.99. The highest BCUT2D eigenvalue weighted by atomic mass is 35.5. The molecule has 0 saturated heterocycles. The fourth-order valence-corrected chi connectivity index (χ4v) is 1.65. The van der Waals surface area contributed by atoms with Crippen molar-refractivity contribution >= 4 is 17.3 Å². The molecule has 0 bridgehead atoms. The van der Waals surface area contributed by atoms with Gasteiger partial charge in [0.1, 0.15) is 0 Å². The Morgan fingerprint density at radius 1 is 1.29 bits per heavy atom. The molecule has 0 aliphatic heterocycles. The van der Waals surface area contributed by atoms with E-state index in [1.54, 1.807) is 16.8 Å². The fraction of sp³-hybridized carbons (Fsp3) is 0.364. The zero-order chi connectivity index (χ0) is 12.6. The molecule has 6 heteroatoms. The van der Waals surface area contributed by atoms with Crippen LogP contribution in [0.2, 0.25) is 5.02 Å². The van der Waals surface area contributed by atoms with Crippen LogP contribution >= 0.6 is 11.6 Å². The minimum Gasteiger partial charge on any atom is -0.398 e. The normalized spacial score (nSPS) is 11.8. The molecule has 0 unspecified atom stereocenters. The van der Waals surface area contributed by atoms with Gasteiger partial charge in [-0.05, 0) is 28.6 Å². The van der Waals surface area contributed by atoms with Gasteiger partial charge in [-0.25, -0.2) is 0 Å². The van der Waals surface area contributed by atoms with Crippen LogP contribution < -0.4 is 5.73 Å². The van der Waals surface area contributed by atoms with E-state index in [1.807, 2.05) is 26.8 Å². The van der Waals surface area contributed by atoms with Gasteiger partial charge in [-0.15, -0.1) is 5.10 Å². The number of anilines is 1. The predicted molar refractivity (Wildman–Crippen MR) is 67.3 cm³/mol. The summed E-state index contributed by atoms with van der Waals surface area (Å²) < 4.78 is 1.67. The van der Waals surface area contributed by atoms with E-state index in [0.29, 0.717) is 10.7 Å². The molecule has 0 aliphatic carbocycles. The highest BCUT2D eigenvalue weighted by Gasteiger charge is 2.22. The third kappa shape index (κ3) is 2.24. The number of halogens is 1. The van der Waals surface area contributed by atoms with E-state index in [-0.39, 0.29) is 5.41 Å². The van der Waals surface area contributed by atoms with Crippen LogP contribution in [0.15, 0.2) is 18.2 Å². The summed E-state index contributed by atoms with van der Waals surface area (Å²) in [4.78, 5) is 0. The molecule has 0 spiro atoms. The lowest BCUT2D eigenvalue weighted by Gasteiger charge is -2.17. The Bertz CT molecular complexity index is 541. The highest BCUT2D eigenvalue weighted by Crippen LogP contribution is 2.25. The third-order valence-electron chi connectivity index (χ3n) is 2.37. The summed E-state index contributed by atoms with van der Waals surface area (Å²) in [5.41, 5.74) is 6.88. The quantitative estimate of drug-likeness (QED) is 0.789. The Morgan fingerprint density at radius 2 is 2.00 bits per heavy atom. The second-order valence-electron chi connectivity index (χ2n) is 4.87. The Hall–Kier alpha value is -1.62. The summed E-state index contributed by atoms with van der Waals surface area (Å²) in [6.07, 6.45) is 0. The van der Waals surface area contributed by atoms with Crippen molar-refractivity contribution in [2.24, 2.45) is 0 Å². The Morgan fingerprint density at radius 3 is 2.59 bits per heavy atom. The fourth-order valence-electron chi connectivity index (χ4n) is 1.48. The first-order chi connectivity index (χ1) is 7.89. The first kappa shape index (κ1) is 11.9. The maximum atomic E-state index is 5.99. The van der Waals surface area contributed by atoms with E-state index in [9.17, 15) is 0 Å². The summed E-state index contributed by atoms with van der Waals surface area (Å²) in [6.45, 7) is 6.15. The van der Waals surface area contributed by atoms with Gasteiger partial charge in [-0.1, -0.05) is 32.4 Å². The molecule has 0 aliphatic rings. The Kier molecular flexibility index (Phi) is 2.79. The number of nitrogens with two attached hydrogens (primary N) is 1. The number of hydrogen-bond donors (Lipinski definition) is 1. The molecule has 0 atom stereocenters. The van der Waals surface area contributed by atoms with Crippen molar-refractivity contribution in [2.75, 3.05) is 5.73 Å². The summed E-state index contributed by atoms with van der Waals surface area (Å²) >= 11 is 5.99. The average Bonchev–Trinajstić information content (AvgIpc) is 2.70. The minimum atomic E-state index is -0.142. The highest BCUT2D eigenvalue weighted by molar-refractivity contribution is 6.33. The lowest BCUT2D eigenvalue weighted by atomic mass is 9.96. The number of hydrogen-bond acceptors (Lipinski definition) is 4. The van der Waals surface area contributed by atoms with Crippen LogP contribution in [-0.2, 0) is 5.41 Å². The topological polar surface area (TPSA) is 69.6 Å². The molecular weight excluding hydrogens is 238 g/mol. The molecule has 0 radical (unpaired) electrons. The summed E-state index contributed by atoms with van der Waals surface area (Å²) in [7, 11) is 0. The first-order valence-electron chi connectivity index (χ1n) is 5.24. The first-order valence-corrected chi connectivity index (χ1v) is 5.61. The molecule has 17 heavy (non-hydrogen) atoms. The monoisotopic (exact) mass is 251 g/mol. The van der Waals surface area contributed by atoms with Gasteiger partial charge in [0, 0.05) is 5.41 Å².